The fourth-order valence-corrected chi connectivity index (χ4v) is 3.15. The first kappa shape index (κ1) is 15.3. The maximum atomic E-state index is 9.43. The van der Waals surface area contributed by atoms with Gasteiger partial charge in [-0.05, 0) is 49.2 Å². The van der Waals surface area contributed by atoms with Gasteiger partial charge in [0.25, 0.3) is 0 Å². The van der Waals surface area contributed by atoms with Crippen molar-refractivity contribution in [1.82, 2.24) is 14.7 Å². The molecule has 0 radical (unpaired) electrons. The van der Waals surface area contributed by atoms with Gasteiger partial charge in [-0.2, -0.15) is 0 Å². The Morgan fingerprint density at radius 1 is 1.16 bits per heavy atom. The lowest BCUT2D eigenvalue weighted by Crippen LogP contribution is -1.98. The highest BCUT2D eigenvalue weighted by molar-refractivity contribution is 5.92. The Balaban J connectivity index is 1.83. The minimum Gasteiger partial charge on any atom is -0.508 e. The van der Waals surface area contributed by atoms with Gasteiger partial charge < -0.3 is 19.9 Å². The first-order chi connectivity index (χ1) is 12.0. The van der Waals surface area contributed by atoms with Crippen molar-refractivity contribution in [2.75, 3.05) is 5.73 Å². The van der Waals surface area contributed by atoms with Gasteiger partial charge in [0.05, 0.1) is 23.2 Å². The van der Waals surface area contributed by atoms with Crippen LogP contribution in [0.15, 0.2) is 47.2 Å². The number of aromatic nitrogens is 3. The Morgan fingerprint density at radius 2 is 1.92 bits per heavy atom. The summed E-state index contributed by atoms with van der Waals surface area (Å²) in [4.78, 5) is 4.45. The van der Waals surface area contributed by atoms with Crippen LogP contribution >= 0.6 is 0 Å². The van der Waals surface area contributed by atoms with Crippen molar-refractivity contribution in [3.8, 4) is 16.9 Å². The third kappa shape index (κ3) is 2.61. The number of nitrogens with zero attached hydrogens (tertiary/aromatic N) is 3. The van der Waals surface area contributed by atoms with Gasteiger partial charge in [0.15, 0.2) is 0 Å². The van der Waals surface area contributed by atoms with Gasteiger partial charge in [-0.1, -0.05) is 17.3 Å². The SMILES string of the molecule is Cc1noc(C)c1-c1cc(N)c2ncn(Cc3ccc(O)cc3)c2c1. The zero-order valence-electron chi connectivity index (χ0n) is 14.0. The van der Waals surface area contributed by atoms with E-state index in [-0.39, 0.29) is 5.75 Å². The summed E-state index contributed by atoms with van der Waals surface area (Å²) in [6, 6.07) is 11.1. The molecule has 0 saturated carbocycles. The summed E-state index contributed by atoms with van der Waals surface area (Å²) < 4.78 is 7.32. The monoisotopic (exact) mass is 334 g/mol. The molecule has 0 spiro atoms. The van der Waals surface area contributed by atoms with E-state index in [4.69, 9.17) is 10.3 Å². The Morgan fingerprint density at radius 3 is 2.60 bits per heavy atom. The molecule has 126 valence electrons. The van der Waals surface area contributed by atoms with Crippen molar-refractivity contribution in [1.29, 1.82) is 0 Å². The molecule has 2 aromatic heterocycles. The fraction of sp³-hybridized carbons (Fsp3) is 0.158. The van der Waals surface area contributed by atoms with Gasteiger partial charge in [-0.15, -0.1) is 0 Å². The van der Waals surface area contributed by atoms with E-state index < -0.39 is 0 Å². The van der Waals surface area contributed by atoms with Crippen molar-refractivity contribution >= 4 is 16.7 Å². The van der Waals surface area contributed by atoms with Crippen molar-refractivity contribution in [3.05, 3.63) is 59.7 Å². The number of anilines is 1. The summed E-state index contributed by atoms with van der Waals surface area (Å²) in [5.74, 6) is 1.02. The summed E-state index contributed by atoms with van der Waals surface area (Å²) in [6.07, 6.45) is 1.78. The molecule has 4 aromatic rings. The Kier molecular flexibility index (Phi) is 3.46. The van der Waals surface area contributed by atoms with E-state index in [9.17, 15) is 5.11 Å². The number of rotatable bonds is 3. The van der Waals surface area contributed by atoms with Crippen molar-refractivity contribution in [2.45, 2.75) is 20.4 Å². The van der Waals surface area contributed by atoms with E-state index in [2.05, 4.69) is 16.2 Å². The molecular formula is C19H18N4O2. The van der Waals surface area contributed by atoms with Crippen LogP contribution < -0.4 is 5.73 Å². The second-order valence-corrected chi connectivity index (χ2v) is 6.17. The minimum absolute atomic E-state index is 0.254. The number of fused-ring (bicyclic) bond motifs is 1. The van der Waals surface area contributed by atoms with Crippen molar-refractivity contribution < 1.29 is 9.63 Å². The van der Waals surface area contributed by atoms with Crippen LogP contribution in [0.25, 0.3) is 22.2 Å². The number of nitrogen functional groups attached to an aromatic ring is 1. The van der Waals surface area contributed by atoms with Crippen LogP contribution in [0.4, 0.5) is 5.69 Å². The molecule has 3 N–H and O–H groups in total. The predicted molar refractivity (Wildman–Crippen MR) is 96.3 cm³/mol. The number of imidazole rings is 1. The molecule has 0 atom stereocenters. The lowest BCUT2D eigenvalue weighted by molar-refractivity contribution is 0.393. The van der Waals surface area contributed by atoms with E-state index in [1.165, 1.54) is 0 Å². The molecule has 0 fully saturated rings. The molecule has 6 nitrogen and oxygen atoms in total. The molecule has 0 aliphatic carbocycles. The van der Waals surface area contributed by atoms with Crippen LogP contribution in [0, 0.1) is 13.8 Å². The molecule has 2 aromatic carbocycles. The predicted octanol–water partition coefficient (Wildman–Crippen LogP) is 3.64. The lowest BCUT2D eigenvalue weighted by atomic mass is 10.0. The number of aryl methyl sites for hydroxylation is 2. The molecular weight excluding hydrogens is 316 g/mol. The van der Waals surface area contributed by atoms with Gasteiger partial charge in [-0.3, -0.25) is 0 Å². The summed E-state index contributed by atoms with van der Waals surface area (Å²) in [7, 11) is 0. The second-order valence-electron chi connectivity index (χ2n) is 6.17. The first-order valence-electron chi connectivity index (χ1n) is 7.98. The van der Waals surface area contributed by atoms with Crippen LogP contribution in [0.5, 0.6) is 5.75 Å². The quantitative estimate of drug-likeness (QED) is 0.558. The zero-order valence-corrected chi connectivity index (χ0v) is 14.0. The Hall–Kier alpha value is -3.28. The number of aromatic hydroxyl groups is 1. The number of phenols is 1. The Labute approximate surface area is 144 Å². The average molecular weight is 334 g/mol. The molecule has 0 bridgehead atoms. The number of nitrogens with two attached hydrogens (primary N) is 1. The maximum Gasteiger partial charge on any atom is 0.141 e. The van der Waals surface area contributed by atoms with Gasteiger partial charge in [0.2, 0.25) is 0 Å². The van der Waals surface area contributed by atoms with E-state index in [1.807, 2.05) is 36.6 Å². The van der Waals surface area contributed by atoms with Gasteiger partial charge in [0, 0.05) is 12.1 Å². The highest BCUT2D eigenvalue weighted by atomic mass is 16.5. The molecule has 0 aliphatic heterocycles. The largest absolute Gasteiger partial charge is 0.508 e. The second kappa shape index (κ2) is 5.66. The van der Waals surface area contributed by atoms with Crippen LogP contribution in [0.3, 0.4) is 0 Å². The summed E-state index contributed by atoms with van der Waals surface area (Å²) >= 11 is 0. The molecule has 6 heteroatoms. The van der Waals surface area contributed by atoms with Gasteiger partial charge >= 0.3 is 0 Å². The summed E-state index contributed by atoms with van der Waals surface area (Å²) in [6.45, 7) is 4.45. The molecule has 0 saturated heterocycles. The van der Waals surface area contributed by atoms with Crippen LogP contribution in [0.1, 0.15) is 17.0 Å². The van der Waals surface area contributed by atoms with Gasteiger partial charge in [0.1, 0.15) is 17.0 Å². The summed E-state index contributed by atoms with van der Waals surface area (Å²) in [5, 5.41) is 13.5. The van der Waals surface area contributed by atoms with Crippen LogP contribution in [-0.2, 0) is 6.54 Å². The Bertz CT molecular complexity index is 1040. The highest BCUT2D eigenvalue weighted by Gasteiger charge is 2.15. The molecule has 0 aliphatic rings. The maximum absolute atomic E-state index is 9.43. The standard InChI is InChI=1S/C19H18N4O2/c1-11-18(12(2)25-22-11)14-7-16(20)19-17(8-14)23(10-21-19)9-13-3-5-15(24)6-4-13/h3-8,10,24H,9,20H2,1-2H3. The van der Waals surface area contributed by atoms with Crippen molar-refractivity contribution in [2.24, 2.45) is 0 Å². The third-order valence-electron chi connectivity index (χ3n) is 4.37. The number of hydrogen-bond donors (Lipinski definition) is 2. The van der Waals surface area contributed by atoms with E-state index in [0.717, 1.165) is 39.2 Å². The molecule has 0 amide bonds. The van der Waals surface area contributed by atoms with E-state index in [1.54, 1.807) is 18.5 Å². The normalized spacial score (nSPS) is 11.3. The average Bonchev–Trinajstić information content (AvgIpc) is 3.13. The number of phenolic OH excluding ortho intramolecular Hbond substituents is 1. The van der Waals surface area contributed by atoms with Gasteiger partial charge in [-0.25, -0.2) is 4.98 Å². The van der Waals surface area contributed by atoms with Crippen molar-refractivity contribution in [3.63, 3.8) is 0 Å². The van der Waals surface area contributed by atoms with Crippen LogP contribution in [0.2, 0.25) is 0 Å². The molecule has 4 rings (SSSR count). The molecule has 2 heterocycles. The number of benzene rings is 2. The third-order valence-corrected chi connectivity index (χ3v) is 4.37. The molecule has 25 heavy (non-hydrogen) atoms. The fourth-order valence-electron chi connectivity index (χ4n) is 3.15. The number of hydrogen-bond acceptors (Lipinski definition) is 5. The first-order valence-corrected chi connectivity index (χ1v) is 7.98. The minimum atomic E-state index is 0.254. The molecule has 0 unspecified atom stereocenters. The summed E-state index contributed by atoms with van der Waals surface area (Å²) in [5.41, 5.74) is 12.4. The van der Waals surface area contributed by atoms with E-state index in [0.29, 0.717) is 12.2 Å². The topological polar surface area (TPSA) is 90.1 Å². The lowest BCUT2D eigenvalue weighted by Gasteiger charge is -2.08. The van der Waals surface area contributed by atoms with Crippen LogP contribution in [-0.4, -0.2) is 19.8 Å². The smallest absolute Gasteiger partial charge is 0.141 e. The van der Waals surface area contributed by atoms with E-state index >= 15 is 0 Å². The highest BCUT2D eigenvalue weighted by Crippen LogP contribution is 2.32. The zero-order chi connectivity index (χ0) is 17.6.